The molecule has 2 aromatic heterocycles. The monoisotopic (exact) mass is 750 g/mol. The van der Waals surface area contributed by atoms with Crippen LogP contribution >= 0.6 is 0 Å². The van der Waals surface area contributed by atoms with Crippen molar-refractivity contribution in [3.05, 3.63) is 229 Å². The number of benzene rings is 10. The summed E-state index contributed by atoms with van der Waals surface area (Å²) in [6, 6.07) is 75.3. The van der Waals surface area contributed by atoms with Gasteiger partial charge in [0, 0.05) is 26.9 Å². The van der Waals surface area contributed by atoms with E-state index in [4.69, 9.17) is 8.83 Å². The van der Waals surface area contributed by atoms with Gasteiger partial charge in [0.25, 0.3) is 0 Å². The van der Waals surface area contributed by atoms with Crippen molar-refractivity contribution in [1.29, 1.82) is 0 Å². The van der Waals surface area contributed by atoms with E-state index >= 15 is 0 Å². The van der Waals surface area contributed by atoms with Gasteiger partial charge in [-0.25, -0.2) is 0 Å². The molecule has 0 spiro atoms. The SMILES string of the molecule is c1ccc(C2(c3ccccc3)c3cc(-c4cccc5oc6c7ccccc7ccc6c45)ccc3-c3c2c(-c2ccc4oc5ccccc5c4c2)cc2ccccc32)cc1. The normalized spacial score (nSPS) is 13.2. The summed E-state index contributed by atoms with van der Waals surface area (Å²) in [6.07, 6.45) is 0. The molecule has 0 fully saturated rings. The van der Waals surface area contributed by atoms with Gasteiger partial charge in [0.1, 0.15) is 22.3 Å². The van der Waals surface area contributed by atoms with Gasteiger partial charge < -0.3 is 8.83 Å². The molecule has 2 nitrogen and oxygen atoms in total. The molecule has 0 saturated carbocycles. The average Bonchev–Trinajstić information content (AvgIpc) is 3.98. The molecule has 2 heteroatoms. The molecule has 0 amide bonds. The Balaban J connectivity index is 1.16. The molecule has 10 aromatic carbocycles. The van der Waals surface area contributed by atoms with Crippen molar-refractivity contribution in [2.24, 2.45) is 0 Å². The van der Waals surface area contributed by atoms with Gasteiger partial charge in [0.15, 0.2) is 0 Å². The molecule has 12 aromatic rings. The fourth-order valence-corrected chi connectivity index (χ4v) is 10.4. The van der Waals surface area contributed by atoms with E-state index in [1.54, 1.807) is 0 Å². The van der Waals surface area contributed by atoms with Crippen molar-refractivity contribution in [1.82, 2.24) is 0 Å². The largest absolute Gasteiger partial charge is 0.456 e. The first kappa shape index (κ1) is 32.4. The zero-order valence-electron chi connectivity index (χ0n) is 31.9. The second-order valence-corrected chi connectivity index (χ2v) is 15.9. The molecular formula is C57H34O2. The number of furan rings is 2. The molecular weight excluding hydrogens is 717 g/mol. The Labute approximate surface area is 340 Å². The van der Waals surface area contributed by atoms with E-state index in [0.717, 1.165) is 66.0 Å². The third-order valence-electron chi connectivity index (χ3n) is 12.9. The molecule has 0 saturated heterocycles. The molecule has 0 aliphatic heterocycles. The molecule has 0 atom stereocenters. The van der Waals surface area contributed by atoms with Crippen LogP contribution in [-0.2, 0) is 5.41 Å². The quantitative estimate of drug-likeness (QED) is 0.179. The highest BCUT2D eigenvalue weighted by atomic mass is 16.3. The van der Waals surface area contributed by atoms with E-state index in [2.05, 4.69) is 200 Å². The third kappa shape index (κ3) is 4.46. The van der Waals surface area contributed by atoms with Gasteiger partial charge in [-0.1, -0.05) is 164 Å². The van der Waals surface area contributed by atoms with Crippen molar-refractivity contribution < 1.29 is 8.83 Å². The fraction of sp³-hybridized carbons (Fsp3) is 0.0175. The standard InChI is InChI=1S/C57H34O2/c1-3-16-39(17-4-1)57(40-18-5-2-6-19-40)49-34-38(41-23-13-25-52-53(41)46-30-26-35-14-7-10-21-43(35)56(46)59-52)27-29-45(49)54-42-20-9-8-15-36(42)32-47(55(54)57)37-28-31-51-48(33-37)44-22-11-12-24-50(44)58-51/h1-34H. The van der Waals surface area contributed by atoms with Gasteiger partial charge in [-0.3, -0.25) is 0 Å². The summed E-state index contributed by atoms with van der Waals surface area (Å²) in [6.45, 7) is 0. The number of fused-ring (bicyclic) bond motifs is 13. The Bertz CT molecular complexity index is 3620. The van der Waals surface area contributed by atoms with Gasteiger partial charge in [0.05, 0.1) is 5.41 Å². The Morgan fingerprint density at radius 2 is 0.983 bits per heavy atom. The van der Waals surface area contributed by atoms with E-state index in [1.165, 1.54) is 55.1 Å². The minimum Gasteiger partial charge on any atom is -0.456 e. The lowest BCUT2D eigenvalue weighted by Gasteiger charge is -2.35. The lowest BCUT2D eigenvalue weighted by molar-refractivity contribution is 0.669. The maximum Gasteiger partial charge on any atom is 0.143 e. The average molecular weight is 751 g/mol. The van der Waals surface area contributed by atoms with Gasteiger partial charge in [-0.2, -0.15) is 0 Å². The minimum absolute atomic E-state index is 0.654. The Morgan fingerprint density at radius 1 is 0.339 bits per heavy atom. The van der Waals surface area contributed by atoms with Crippen LogP contribution in [0, 0.1) is 0 Å². The molecule has 0 unspecified atom stereocenters. The zero-order valence-corrected chi connectivity index (χ0v) is 31.9. The number of hydrogen-bond acceptors (Lipinski definition) is 2. The second-order valence-electron chi connectivity index (χ2n) is 15.9. The van der Waals surface area contributed by atoms with E-state index in [-0.39, 0.29) is 0 Å². The highest BCUT2D eigenvalue weighted by Gasteiger charge is 2.48. The predicted octanol–water partition coefficient (Wildman–Crippen LogP) is 15.5. The van der Waals surface area contributed by atoms with Crippen molar-refractivity contribution in [3.8, 4) is 33.4 Å². The smallest absolute Gasteiger partial charge is 0.143 e. The molecule has 0 radical (unpaired) electrons. The van der Waals surface area contributed by atoms with Crippen molar-refractivity contribution >= 4 is 65.4 Å². The van der Waals surface area contributed by atoms with E-state index in [0.29, 0.717) is 0 Å². The predicted molar refractivity (Wildman–Crippen MR) is 244 cm³/mol. The second kappa shape index (κ2) is 12.2. The van der Waals surface area contributed by atoms with Crippen LogP contribution in [-0.4, -0.2) is 0 Å². The Kier molecular flexibility index (Phi) is 6.68. The molecule has 0 bridgehead atoms. The van der Waals surface area contributed by atoms with Gasteiger partial charge in [-0.15, -0.1) is 0 Å². The first-order valence-corrected chi connectivity index (χ1v) is 20.3. The molecule has 0 N–H and O–H groups in total. The first-order chi connectivity index (χ1) is 29.3. The highest BCUT2D eigenvalue weighted by Crippen LogP contribution is 2.61. The van der Waals surface area contributed by atoms with Crippen LogP contribution in [0.4, 0.5) is 0 Å². The van der Waals surface area contributed by atoms with Gasteiger partial charge >= 0.3 is 0 Å². The fourth-order valence-electron chi connectivity index (χ4n) is 10.4. The van der Waals surface area contributed by atoms with Crippen LogP contribution in [0.5, 0.6) is 0 Å². The van der Waals surface area contributed by atoms with Crippen LogP contribution in [0.2, 0.25) is 0 Å². The van der Waals surface area contributed by atoms with Crippen LogP contribution in [0.15, 0.2) is 215 Å². The maximum atomic E-state index is 6.71. The Morgan fingerprint density at radius 3 is 1.80 bits per heavy atom. The van der Waals surface area contributed by atoms with Gasteiger partial charge in [-0.05, 0) is 114 Å². The molecule has 274 valence electrons. The number of rotatable bonds is 4. The third-order valence-corrected chi connectivity index (χ3v) is 12.9. The van der Waals surface area contributed by atoms with E-state index < -0.39 is 5.41 Å². The number of para-hydroxylation sites is 1. The minimum atomic E-state index is -0.654. The van der Waals surface area contributed by atoms with Crippen LogP contribution in [0.3, 0.4) is 0 Å². The summed E-state index contributed by atoms with van der Waals surface area (Å²) < 4.78 is 13.1. The van der Waals surface area contributed by atoms with E-state index in [9.17, 15) is 0 Å². The molecule has 1 aliphatic carbocycles. The Hall–Kier alpha value is -7.68. The maximum absolute atomic E-state index is 6.71. The molecule has 59 heavy (non-hydrogen) atoms. The van der Waals surface area contributed by atoms with Crippen molar-refractivity contribution in [3.63, 3.8) is 0 Å². The molecule has 1 aliphatic rings. The first-order valence-electron chi connectivity index (χ1n) is 20.3. The highest BCUT2D eigenvalue weighted by molar-refractivity contribution is 6.19. The lowest BCUT2D eigenvalue weighted by atomic mass is 9.65. The van der Waals surface area contributed by atoms with Crippen LogP contribution < -0.4 is 0 Å². The van der Waals surface area contributed by atoms with Gasteiger partial charge in [0.2, 0.25) is 0 Å². The van der Waals surface area contributed by atoms with E-state index in [1.807, 2.05) is 6.07 Å². The zero-order chi connectivity index (χ0) is 38.7. The van der Waals surface area contributed by atoms with Crippen LogP contribution in [0.1, 0.15) is 22.3 Å². The summed E-state index contributed by atoms with van der Waals surface area (Å²) in [5, 5.41) is 9.29. The summed E-state index contributed by atoms with van der Waals surface area (Å²) in [7, 11) is 0. The lowest BCUT2D eigenvalue weighted by Crippen LogP contribution is -2.29. The van der Waals surface area contributed by atoms with Crippen LogP contribution in [0.25, 0.3) is 98.8 Å². The molecule has 13 rings (SSSR count). The topological polar surface area (TPSA) is 26.3 Å². The van der Waals surface area contributed by atoms with Crippen molar-refractivity contribution in [2.45, 2.75) is 5.41 Å². The number of hydrogen-bond donors (Lipinski definition) is 0. The van der Waals surface area contributed by atoms with Crippen molar-refractivity contribution in [2.75, 3.05) is 0 Å². The summed E-state index contributed by atoms with van der Waals surface area (Å²) >= 11 is 0. The summed E-state index contributed by atoms with van der Waals surface area (Å²) in [4.78, 5) is 0. The summed E-state index contributed by atoms with van der Waals surface area (Å²) in [5.41, 5.74) is 15.2. The molecule has 2 heterocycles. The summed E-state index contributed by atoms with van der Waals surface area (Å²) in [5.74, 6) is 0.